The van der Waals surface area contributed by atoms with E-state index in [2.05, 4.69) is 10.6 Å². The van der Waals surface area contributed by atoms with Gasteiger partial charge in [0, 0.05) is 12.1 Å². The van der Waals surface area contributed by atoms with Gasteiger partial charge in [0.15, 0.2) is 5.54 Å². The molecule has 1 unspecified atom stereocenters. The molecule has 1 aliphatic carbocycles. The number of imide groups is 1. The number of nitrogens with one attached hydrogen (secondary N) is 2. The molecule has 2 aliphatic heterocycles. The van der Waals surface area contributed by atoms with Crippen LogP contribution in [-0.2, 0) is 27.2 Å². The van der Waals surface area contributed by atoms with Crippen LogP contribution in [0.15, 0.2) is 18.2 Å². The minimum Gasteiger partial charge on any atom is -0.367 e. The van der Waals surface area contributed by atoms with E-state index in [1.54, 1.807) is 13.8 Å². The third-order valence-corrected chi connectivity index (χ3v) is 6.11. The van der Waals surface area contributed by atoms with Crippen molar-refractivity contribution in [2.45, 2.75) is 70.1 Å². The highest BCUT2D eigenvalue weighted by molar-refractivity contribution is 6.11. The molecule has 28 heavy (non-hydrogen) atoms. The molecule has 0 aromatic heterocycles. The number of hydrogen-bond donors (Lipinski definition) is 2. The molecule has 0 bridgehead atoms. The summed E-state index contributed by atoms with van der Waals surface area (Å²) in [6.45, 7) is 7.07. The van der Waals surface area contributed by atoms with Gasteiger partial charge in [-0.2, -0.15) is 0 Å². The highest BCUT2D eigenvalue weighted by atomic mass is 16.5. The van der Waals surface area contributed by atoms with Gasteiger partial charge in [-0.05, 0) is 70.2 Å². The van der Waals surface area contributed by atoms with Crippen molar-refractivity contribution in [2.75, 3.05) is 11.9 Å². The maximum absolute atomic E-state index is 13.2. The maximum atomic E-state index is 13.2. The predicted molar refractivity (Wildman–Crippen MR) is 104 cm³/mol. The third kappa shape index (κ3) is 2.89. The number of hydrogen-bond acceptors (Lipinski definition) is 4. The van der Waals surface area contributed by atoms with Gasteiger partial charge in [-0.1, -0.05) is 6.07 Å². The number of anilines is 1. The maximum Gasteiger partial charge on any atom is 0.325 e. The van der Waals surface area contributed by atoms with Gasteiger partial charge in [-0.15, -0.1) is 0 Å². The highest BCUT2D eigenvalue weighted by Crippen LogP contribution is 2.47. The van der Waals surface area contributed by atoms with Crippen LogP contribution in [0, 0.1) is 0 Å². The van der Waals surface area contributed by atoms with Crippen LogP contribution in [0.4, 0.5) is 10.5 Å². The van der Waals surface area contributed by atoms with Crippen LogP contribution in [0.25, 0.3) is 0 Å². The molecule has 7 heteroatoms. The van der Waals surface area contributed by atoms with Crippen LogP contribution in [-0.4, -0.2) is 46.0 Å². The van der Waals surface area contributed by atoms with E-state index < -0.39 is 34.6 Å². The van der Waals surface area contributed by atoms with Crippen LogP contribution in [0.1, 0.15) is 51.7 Å². The van der Waals surface area contributed by atoms with Crippen molar-refractivity contribution in [3.63, 3.8) is 0 Å². The summed E-state index contributed by atoms with van der Waals surface area (Å²) in [6, 6.07) is 5.32. The summed E-state index contributed by atoms with van der Waals surface area (Å²) in [5.74, 6) is -0.799. The molecular weight excluding hydrogens is 358 g/mol. The van der Waals surface area contributed by atoms with E-state index in [9.17, 15) is 14.4 Å². The molecule has 2 heterocycles. The van der Waals surface area contributed by atoms with Crippen LogP contribution in [0.3, 0.4) is 0 Å². The molecule has 1 aromatic rings. The predicted octanol–water partition coefficient (Wildman–Crippen LogP) is 2.38. The van der Waals surface area contributed by atoms with Crippen molar-refractivity contribution in [2.24, 2.45) is 0 Å². The molecule has 1 aromatic carbocycles. The molecule has 2 fully saturated rings. The Hall–Kier alpha value is -2.41. The number of amides is 4. The normalized spacial score (nSPS) is 27.2. The van der Waals surface area contributed by atoms with E-state index in [-0.39, 0.29) is 6.54 Å². The largest absolute Gasteiger partial charge is 0.367 e. The van der Waals surface area contributed by atoms with Gasteiger partial charge in [0.1, 0.15) is 6.54 Å². The quantitative estimate of drug-likeness (QED) is 0.782. The van der Waals surface area contributed by atoms with E-state index in [1.807, 2.05) is 32.0 Å². The summed E-state index contributed by atoms with van der Waals surface area (Å²) in [5, 5.41) is 5.62. The summed E-state index contributed by atoms with van der Waals surface area (Å²) >= 11 is 0. The fraction of sp³-hybridized carbons (Fsp3) is 0.571. The van der Waals surface area contributed by atoms with E-state index in [0.717, 1.165) is 24.2 Å². The van der Waals surface area contributed by atoms with Crippen LogP contribution in [0.2, 0.25) is 0 Å². The topological polar surface area (TPSA) is 87.7 Å². The van der Waals surface area contributed by atoms with Gasteiger partial charge in [-0.3, -0.25) is 14.5 Å². The van der Waals surface area contributed by atoms with Gasteiger partial charge in [0.2, 0.25) is 5.91 Å². The molecule has 1 spiro atoms. The Morgan fingerprint density at radius 1 is 1.18 bits per heavy atom. The smallest absolute Gasteiger partial charge is 0.325 e. The number of nitrogens with zero attached hydrogens (tertiary/aromatic N) is 1. The van der Waals surface area contributed by atoms with Gasteiger partial charge in [0.05, 0.1) is 11.2 Å². The Balaban J connectivity index is 1.49. The molecule has 3 aliphatic rings. The second-order valence-corrected chi connectivity index (χ2v) is 9.16. The number of aryl methyl sites for hydroxylation is 2. The second kappa shape index (κ2) is 6.04. The van der Waals surface area contributed by atoms with Gasteiger partial charge in [0.25, 0.3) is 5.91 Å². The first kappa shape index (κ1) is 18.9. The summed E-state index contributed by atoms with van der Waals surface area (Å²) in [7, 11) is 0. The standard InChI is InChI=1S/C21H27N3O4/c1-19(2)12-21(20(3,4)28-19)17(26)24(18(27)23-21)11-16(25)22-15-9-8-13-6-5-7-14(13)10-15/h8-10H,5-7,11-12H2,1-4H3,(H,22,25)(H,23,27). The molecular formula is C21H27N3O4. The molecule has 4 amide bonds. The molecule has 7 nitrogen and oxygen atoms in total. The third-order valence-electron chi connectivity index (χ3n) is 6.11. The van der Waals surface area contributed by atoms with Crippen molar-refractivity contribution in [3.8, 4) is 0 Å². The lowest BCUT2D eigenvalue weighted by Gasteiger charge is -2.33. The molecule has 1 atom stereocenters. The van der Waals surface area contributed by atoms with E-state index in [0.29, 0.717) is 12.1 Å². The Kier molecular flexibility index (Phi) is 4.08. The highest BCUT2D eigenvalue weighted by Gasteiger charge is 2.67. The van der Waals surface area contributed by atoms with E-state index >= 15 is 0 Å². The summed E-state index contributed by atoms with van der Waals surface area (Å²) in [4.78, 5) is 39.2. The minimum absolute atomic E-state index is 0.319. The number of carbonyl (C=O) groups excluding carboxylic acids is 3. The molecule has 150 valence electrons. The van der Waals surface area contributed by atoms with E-state index in [1.165, 1.54) is 11.1 Å². The number of carbonyl (C=O) groups is 3. The zero-order valence-electron chi connectivity index (χ0n) is 16.8. The number of rotatable bonds is 3. The van der Waals surface area contributed by atoms with Crippen LogP contribution in [0.5, 0.6) is 0 Å². The minimum atomic E-state index is -1.15. The summed E-state index contributed by atoms with van der Waals surface area (Å²) in [6.07, 6.45) is 3.58. The first-order valence-corrected chi connectivity index (χ1v) is 9.79. The molecule has 2 saturated heterocycles. The van der Waals surface area contributed by atoms with Gasteiger partial charge < -0.3 is 15.4 Å². The monoisotopic (exact) mass is 385 g/mol. The SMILES string of the molecule is CC1(C)CC2(NC(=O)N(CC(=O)Nc3ccc4c(c3)CCC4)C2=O)C(C)(C)O1. The number of benzene rings is 1. The average Bonchev–Trinajstić information content (AvgIpc) is 3.17. The van der Waals surface area contributed by atoms with Crippen molar-refractivity contribution < 1.29 is 19.1 Å². The molecule has 0 radical (unpaired) electrons. The van der Waals surface area contributed by atoms with E-state index in [4.69, 9.17) is 4.74 Å². The molecule has 0 saturated carbocycles. The zero-order chi connectivity index (χ0) is 20.3. The number of ether oxygens (including phenoxy) is 1. The lowest BCUT2D eigenvalue weighted by Crippen LogP contribution is -2.59. The Morgan fingerprint density at radius 3 is 2.57 bits per heavy atom. The van der Waals surface area contributed by atoms with Crippen molar-refractivity contribution in [3.05, 3.63) is 29.3 Å². The summed E-state index contributed by atoms with van der Waals surface area (Å²) in [5.41, 5.74) is 0.697. The van der Waals surface area contributed by atoms with Crippen molar-refractivity contribution in [1.29, 1.82) is 0 Å². The molecule has 2 N–H and O–H groups in total. The Morgan fingerprint density at radius 2 is 1.89 bits per heavy atom. The van der Waals surface area contributed by atoms with Gasteiger partial charge >= 0.3 is 6.03 Å². The second-order valence-electron chi connectivity index (χ2n) is 9.16. The van der Waals surface area contributed by atoms with Crippen molar-refractivity contribution >= 4 is 23.5 Å². The summed E-state index contributed by atoms with van der Waals surface area (Å²) < 4.78 is 6.02. The first-order chi connectivity index (χ1) is 13.0. The number of fused-ring (bicyclic) bond motifs is 1. The number of urea groups is 1. The van der Waals surface area contributed by atoms with Crippen molar-refractivity contribution in [1.82, 2.24) is 10.2 Å². The Bertz CT molecular complexity index is 876. The average molecular weight is 385 g/mol. The molecule has 4 rings (SSSR count). The van der Waals surface area contributed by atoms with Crippen LogP contribution < -0.4 is 10.6 Å². The fourth-order valence-electron chi connectivity index (χ4n) is 4.96. The van der Waals surface area contributed by atoms with Crippen LogP contribution >= 0.6 is 0 Å². The lowest BCUT2D eigenvalue weighted by atomic mass is 9.79. The zero-order valence-corrected chi connectivity index (χ0v) is 16.8. The van der Waals surface area contributed by atoms with Gasteiger partial charge in [-0.25, -0.2) is 4.79 Å². The lowest BCUT2D eigenvalue weighted by molar-refractivity contribution is -0.140. The first-order valence-electron chi connectivity index (χ1n) is 9.79. The Labute approximate surface area is 164 Å². The fourth-order valence-corrected chi connectivity index (χ4v) is 4.96.